The summed E-state index contributed by atoms with van der Waals surface area (Å²) in [5.74, 6) is 0.0498. The second-order valence-corrected chi connectivity index (χ2v) is 6.75. The minimum atomic E-state index is 0.0498. The molecule has 4 nitrogen and oxygen atoms in total. The molecule has 0 saturated carbocycles. The van der Waals surface area contributed by atoms with Gasteiger partial charge in [0, 0.05) is 16.8 Å². The van der Waals surface area contributed by atoms with Crippen molar-refractivity contribution in [1.29, 1.82) is 0 Å². The summed E-state index contributed by atoms with van der Waals surface area (Å²) in [5, 5.41) is 2.98. The fraction of sp³-hybridized carbons (Fsp3) is 0.562. The van der Waals surface area contributed by atoms with Crippen LogP contribution in [0, 0.1) is 6.92 Å². The number of carbonyl (C=O) groups excluding carboxylic acids is 1. The molecule has 116 valence electrons. The van der Waals surface area contributed by atoms with E-state index in [-0.39, 0.29) is 5.91 Å². The third-order valence-electron chi connectivity index (χ3n) is 3.77. The first-order chi connectivity index (χ1) is 10.0. The summed E-state index contributed by atoms with van der Waals surface area (Å²) in [6.45, 7) is 4.22. The second kappa shape index (κ2) is 7.92. The molecule has 21 heavy (non-hydrogen) atoms. The Balaban J connectivity index is 1.80. The van der Waals surface area contributed by atoms with Crippen LogP contribution in [-0.2, 0) is 9.53 Å². The number of nitrogens with one attached hydrogen (secondary N) is 2. The lowest BCUT2D eigenvalue weighted by Gasteiger charge is -2.25. The maximum Gasteiger partial charge on any atom is 0.279 e. The average molecular weight is 356 g/mol. The molecule has 0 aliphatic carbocycles. The van der Waals surface area contributed by atoms with Crippen LogP contribution < -0.4 is 10.2 Å². The largest absolute Gasteiger partial charge is 0.372 e. The molecule has 2 rings (SSSR count). The highest BCUT2D eigenvalue weighted by molar-refractivity contribution is 9.10. The molecule has 0 spiro atoms. The van der Waals surface area contributed by atoms with E-state index in [0.29, 0.717) is 12.6 Å². The lowest BCUT2D eigenvalue weighted by molar-refractivity contribution is -0.874. The van der Waals surface area contributed by atoms with Crippen molar-refractivity contribution < 1.29 is 14.4 Å². The smallest absolute Gasteiger partial charge is 0.279 e. The first-order valence-electron chi connectivity index (χ1n) is 7.53. The molecule has 1 saturated heterocycles. The van der Waals surface area contributed by atoms with Crippen LogP contribution in [0.25, 0.3) is 0 Å². The molecule has 0 aromatic heterocycles. The fourth-order valence-electron chi connectivity index (χ4n) is 2.67. The molecule has 2 atom stereocenters. The molecule has 1 aliphatic heterocycles. The van der Waals surface area contributed by atoms with Gasteiger partial charge in [-0.05, 0) is 49.9 Å². The van der Waals surface area contributed by atoms with E-state index in [2.05, 4.69) is 21.2 Å². The average Bonchev–Trinajstić information content (AvgIpc) is 2.43. The van der Waals surface area contributed by atoms with Gasteiger partial charge in [-0.25, -0.2) is 0 Å². The topological polar surface area (TPSA) is 42.8 Å². The first-order valence-corrected chi connectivity index (χ1v) is 8.33. The number of amides is 1. The molecule has 1 aliphatic rings. The maximum atomic E-state index is 12.1. The van der Waals surface area contributed by atoms with Crippen LogP contribution in [0.5, 0.6) is 0 Å². The number of carbonyl (C=O) groups is 1. The zero-order valence-electron chi connectivity index (χ0n) is 12.7. The normalized spacial score (nSPS) is 20.0. The predicted octanol–water partition coefficient (Wildman–Crippen LogP) is 1.78. The summed E-state index contributed by atoms with van der Waals surface area (Å²) in [7, 11) is 2.05. The van der Waals surface area contributed by atoms with Gasteiger partial charge in [-0.2, -0.15) is 0 Å². The Bertz CT molecular complexity index is 487. The first kappa shape index (κ1) is 16.5. The third kappa shape index (κ3) is 5.41. The number of hydrogen-bond acceptors (Lipinski definition) is 2. The Morgan fingerprint density at radius 1 is 1.48 bits per heavy atom. The van der Waals surface area contributed by atoms with Crippen molar-refractivity contribution in [2.75, 3.05) is 32.1 Å². The number of aryl methyl sites for hydroxylation is 1. The second-order valence-electron chi connectivity index (χ2n) is 5.83. The standard InChI is InChI=1S/C16H23BrN2O2/c1-12-9-13(17)6-7-15(12)18-16(20)11-19(2)10-14-5-3-4-8-21-14/h6-7,9,14H,3-5,8,10-11H2,1-2H3,(H,18,20)/p+1/t14-/m0/s1. The van der Waals surface area contributed by atoms with E-state index in [4.69, 9.17) is 4.74 Å². The quantitative estimate of drug-likeness (QED) is 0.845. The molecule has 5 heteroatoms. The molecule has 1 aromatic rings. The third-order valence-corrected chi connectivity index (χ3v) is 4.27. The molecule has 1 amide bonds. The van der Waals surface area contributed by atoms with Crippen LogP contribution in [0.3, 0.4) is 0 Å². The van der Waals surface area contributed by atoms with Gasteiger partial charge in [-0.3, -0.25) is 4.79 Å². The van der Waals surface area contributed by atoms with Gasteiger partial charge < -0.3 is 15.0 Å². The molecule has 1 aromatic carbocycles. The number of quaternary nitrogens is 1. The number of anilines is 1. The monoisotopic (exact) mass is 355 g/mol. The Morgan fingerprint density at radius 3 is 2.95 bits per heavy atom. The van der Waals surface area contributed by atoms with Gasteiger partial charge >= 0.3 is 0 Å². The molecule has 0 radical (unpaired) electrons. The number of rotatable bonds is 5. The molecule has 1 heterocycles. The minimum absolute atomic E-state index is 0.0498. The number of benzene rings is 1. The van der Waals surface area contributed by atoms with E-state index >= 15 is 0 Å². The van der Waals surface area contributed by atoms with Crippen molar-refractivity contribution in [3.63, 3.8) is 0 Å². The zero-order chi connectivity index (χ0) is 15.2. The van der Waals surface area contributed by atoms with Gasteiger partial charge in [0.1, 0.15) is 12.6 Å². The Morgan fingerprint density at radius 2 is 2.29 bits per heavy atom. The van der Waals surface area contributed by atoms with Crippen molar-refractivity contribution in [1.82, 2.24) is 0 Å². The summed E-state index contributed by atoms with van der Waals surface area (Å²) in [4.78, 5) is 13.3. The van der Waals surface area contributed by atoms with Crippen molar-refractivity contribution in [3.05, 3.63) is 28.2 Å². The van der Waals surface area contributed by atoms with Gasteiger partial charge in [0.15, 0.2) is 6.54 Å². The summed E-state index contributed by atoms with van der Waals surface area (Å²) >= 11 is 3.43. The summed E-state index contributed by atoms with van der Waals surface area (Å²) in [5.41, 5.74) is 1.94. The molecule has 2 N–H and O–H groups in total. The van der Waals surface area contributed by atoms with Crippen LogP contribution in [0.4, 0.5) is 5.69 Å². The summed E-state index contributed by atoms with van der Waals surface area (Å²) in [6, 6.07) is 5.87. The highest BCUT2D eigenvalue weighted by Gasteiger charge is 2.20. The van der Waals surface area contributed by atoms with Crippen molar-refractivity contribution >= 4 is 27.5 Å². The molecular weight excluding hydrogens is 332 g/mol. The lowest BCUT2D eigenvalue weighted by atomic mass is 10.1. The minimum Gasteiger partial charge on any atom is -0.372 e. The van der Waals surface area contributed by atoms with Gasteiger partial charge in [-0.15, -0.1) is 0 Å². The SMILES string of the molecule is Cc1cc(Br)ccc1NC(=O)C[NH+](C)C[C@@H]1CCCCO1. The van der Waals surface area contributed by atoms with Gasteiger partial charge in [-0.1, -0.05) is 15.9 Å². The van der Waals surface area contributed by atoms with E-state index in [9.17, 15) is 4.79 Å². The molecular formula is C16H24BrN2O2+. The van der Waals surface area contributed by atoms with Gasteiger partial charge in [0.05, 0.1) is 7.05 Å². The number of halogens is 1. The fourth-order valence-corrected chi connectivity index (χ4v) is 3.14. The highest BCUT2D eigenvalue weighted by Crippen LogP contribution is 2.19. The predicted molar refractivity (Wildman–Crippen MR) is 87.7 cm³/mol. The Hall–Kier alpha value is -0.910. The number of hydrogen-bond donors (Lipinski definition) is 2. The summed E-state index contributed by atoms with van der Waals surface area (Å²) < 4.78 is 6.75. The maximum absolute atomic E-state index is 12.1. The van der Waals surface area contributed by atoms with Crippen molar-refractivity contribution in [2.45, 2.75) is 32.3 Å². The lowest BCUT2D eigenvalue weighted by Crippen LogP contribution is -3.11. The molecule has 1 unspecified atom stereocenters. The van der Waals surface area contributed by atoms with Crippen molar-refractivity contribution in [2.24, 2.45) is 0 Å². The molecule has 0 bridgehead atoms. The van der Waals surface area contributed by atoms with E-state index in [1.165, 1.54) is 17.7 Å². The van der Waals surface area contributed by atoms with Gasteiger partial charge in [0.25, 0.3) is 5.91 Å². The van der Waals surface area contributed by atoms with E-state index in [1.807, 2.05) is 32.2 Å². The van der Waals surface area contributed by atoms with E-state index in [0.717, 1.165) is 35.3 Å². The van der Waals surface area contributed by atoms with E-state index < -0.39 is 0 Å². The van der Waals surface area contributed by atoms with E-state index in [1.54, 1.807) is 0 Å². The van der Waals surface area contributed by atoms with Gasteiger partial charge in [0.2, 0.25) is 0 Å². The van der Waals surface area contributed by atoms with Crippen LogP contribution in [0.1, 0.15) is 24.8 Å². The Kier molecular flexibility index (Phi) is 6.21. The van der Waals surface area contributed by atoms with Crippen molar-refractivity contribution in [3.8, 4) is 0 Å². The van der Waals surface area contributed by atoms with Crippen LogP contribution >= 0.6 is 15.9 Å². The zero-order valence-corrected chi connectivity index (χ0v) is 14.3. The van der Waals surface area contributed by atoms with Crippen LogP contribution in [-0.4, -0.2) is 38.8 Å². The Labute approximate surface area is 135 Å². The number of ether oxygens (including phenoxy) is 1. The highest BCUT2D eigenvalue weighted by atomic mass is 79.9. The van der Waals surface area contributed by atoms with Crippen LogP contribution in [0.15, 0.2) is 22.7 Å². The number of likely N-dealkylation sites (N-methyl/N-ethyl adjacent to an activating group) is 1. The van der Waals surface area contributed by atoms with Crippen LogP contribution in [0.2, 0.25) is 0 Å². The molecule has 1 fully saturated rings. The summed E-state index contributed by atoms with van der Waals surface area (Å²) in [6.07, 6.45) is 3.83.